The van der Waals surface area contributed by atoms with E-state index in [1.165, 1.54) is 6.07 Å². The van der Waals surface area contributed by atoms with Gasteiger partial charge in [-0.2, -0.15) is 0 Å². The largest absolute Gasteiger partial charge is 0.490 e. The Labute approximate surface area is 163 Å². The number of hydrogen-bond acceptors (Lipinski definition) is 3. The van der Waals surface area contributed by atoms with Crippen LogP contribution in [0.1, 0.15) is 77.8 Å². The molecule has 0 bridgehead atoms. The molecule has 1 aromatic carbocycles. The zero-order valence-corrected chi connectivity index (χ0v) is 17.9. The number of benzene rings is 1. The molecular formula is C21H34FNO3S. The molecule has 0 aliphatic heterocycles. The van der Waals surface area contributed by atoms with E-state index in [0.717, 1.165) is 32.1 Å². The fraction of sp³-hybridized carbons (Fsp3) is 0.714. The quantitative estimate of drug-likeness (QED) is 0.520. The van der Waals surface area contributed by atoms with Crippen molar-refractivity contribution < 1.29 is 17.5 Å². The van der Waals surface area contributed by atoms with E-state index in [1.54, 1.807) is 19.1 Å². The molecule has 2 rings (SSSR count). The molecule has 1 aliphatic rings. The summed E-state index contributed by atoms with van der Waals surface area (Å²) in [5.41, 5.74) is 0.992. The summed E-state index contributed by atoms with van der Waals surface area (Å²) >= 11 is 0. The predicted molar refractivity (Wildman–Crippen MR) is 108 cm³/mol. The molecule has 0 unspecified atom stereocenters. The third kappa shape index (κ3) is 8.60. The Bertz CT molecular complexity index is 709. The fourth-order valence-electron chi connectivity index (χ4n) is 2.91. The van der Waals surface area contributed by atoms with Gasteiger partial charge in [0, 0.05) is 6.04 Å². The highest BCUT2D eigenvalue weighted by molar-refractivity contribution is 7.89. The van der Waals surface area contributed by atoms with Crippen molar-refractivity contribution in [3.05, 3.63) is 29.6 Å². The highest BCUT2D eigenvalue weighted by Crippen LogP contribution is 2.31. The molecule has 1 fully saturated rings. The maximum Gasteiger partial charge on any atom is 0.212 e. The molecule has 1 atom stereocenters. The maximum absolute atomic E-state index is 13.9. The molecule has 1 aliphatic carbocycles. The van der Waals surface area contributed by atoms with Crippen LogP contribution in [-0.2, 0) is 10.0 Å². The lowest BCUT2D eigenvalue weighted by Gasteiger charge is -2.18. The lowest BCUT2D eigenvalue weighted by molar-refractivity contribution is 0.285. The second-order valence-corrected chi connectivity index (χ2v) is 10.8. The summed E-state index contributed by atoms with van der Waals surface area (Å²) in [5, 5.41) is 0. The van der Waals surface area contributed by atoms with Crippen LogP contribution >= 0.6 is 0 Å². The number of unbranched alkanes of at least 4 members (excludes halogenated alkanes) is 2. The standard InChI is InChI=1S/C21H34FNO3S/c1-16(23-27(24,25)13-7-5-6-12-21(2,3)4)18-10-11-19(22)20(14-18)26-15-17-8-9-17/h10-11,14,16-17,23H,5-9,12-13,15H2,1-4H3/t16-/m1/s1. The van der Waals surface area contributed by atoms with Gasteiger partial charge in [0.15, 0.2) is 11.6 Å². The summed E-state index contributed by atoms with van der Waals surface area (Å²) in [5.74, 6) is 0.441. The van der Waals surface area contributed by atoms with Crippen molar-refractivity contribution in [2.75, 3.05) is 12.4 Å². The Balaban J connectivity index is 1.83. The molecule has 1 aromatic rings. The summed E-state index contributed by atoms with van der Waals surface area (Å²) in [6.07, 6.45) is 5.95. The average Bonchev–Trinajstić information content (AvgIpc) is 3.36. The van der Waals surface area contributed by atoms with E-state index in [-0.39, 0.29) is 16.9 Å². The van der Waals surface area contributed by atoms with E-state index in [0.29, 0.717) is 24.5 Å². The van der Waals surface area contributed by atoms with Gasteiger partial charge in [0.05, 0.1) is 12.4 Å². The second-order valence-electron chi connectivity index (χ2n) is 8.97. The van der Waals surface area contributed by atoms with Crippen LogP contribution < -0.4 is 9.46 Å². The van der Waals surface area contributed by atoms with Crippen molar-refractivity contribution in [2.45, 2.75) is 72.3 Å². The van der Waals surface area contributed by atoms with Crippen LogP contribution in [0.15, 0.2) is 18.2 Å². The summed E-state index contributed by atoms with van der Waals surface area (Å²) in [6, 6.07) is 4.13. The summed E-state index contributed by atoms with van der Waals surface area (Å²) in [7, 11) is -3.37. The Kier molecular flexibility index (Phi) is 7.69. The first-order valence-corrected chi connectivity index (χ1v) is 11.6. The number of sulfonamides is 1. The van der Waals surface area contributed by atoms with Crippen molar-refractivity contribution in [1.82, 2.24) is 4.72 Å². The number of nitrogens with one attached hydrogen (secondary N) is 1. The minimum Gasteiger partial charge on any atom is -0.490 e. The lowest BCUT2D eigenvalue weighted by Crippen LogP contribution is -2.29. The average molecular weight is 400 g/mol. The van der Waals surface area contributed by atoms with Gasteiger partial charge in [-0.1, -0.05) is 39.7 Å². The van der Waals surface area contributed by atoms with Gasteiger partial charge in [-0.3, -0.25) is 0 Å². The van der Waals surface area contributed by atoms with E-state index in [1.807, 2.05) is 0 Å². The SMILES string of the molecule is C[C@@H](NS(=O)(=O)CCCCCC(C)(C)C)c1ccc(F)c(OCC2CC2)c1. The zero-order valence-electron chi connectivity index (χ0n) is 17.1. The molecule has 0 saturated heterocycles. The first-order valence-electron chi connectivity index (χ1n) is 9.98. The van der Waals surface area contributed by atoms with Crippen LogP contribution in [0.4, 0.5) is 4.39 Å². The van der Waals surface area contributed by atoms with Crippen LogP contribution in [-0.4, -0.2) is 20.8 Å². The molecule has 1 saturated carbocycles. The van der Waals surface area contributed by atoms with E-state index < -0.39 is 21.9 Å². The molecule has 0 spiro atoms. The van der Waals surface area contributed by atoms with E-state index >= 15 is 0 Å². The topological polar surface area (TPSA) is 55.4 Å². The third-order valence-corrected chi connectivity index (χ3v) is 6.36. The Hall–Kier alpha value is -1.14. The van der Waals surface area contributed by atoms with Gasteiger partial charge >= 0.3 is 0 Å². The maximum atomic E-state index is 13.9. The second kappa shape index (κ2) is 9.37. The zero-order chi connectivity index (χ0) is 20.1. The Morgan fingerprint density at radius 2 is 1.93 bits per heavy atom. The lowest BCUT2D eigenvalue weighted by atomic mass is 9.90. The van der Waals surface area contributed by atoms with Crippen molar-refractivity contribution in [2.24, 2.45) is 11.3 Å². The number of halogens is 1. The molecule has 154 valence electrons. The van der Waals surface area contributed by atoms with E-state index in [9.17, 15) is 12.8 Å². The number of hydrogen-bond donors (Lipinski definition) is 1. The van der Waals surface area contributed by atoms with Gasteiger partial charge in [0.2, 0.25) is 10.0 Å². The molecular weight excluding hydrogens is 365 g/mol. The molecule has 0 amide bonds. The van der Waals surface area contributed by atoms with Gasteiger partial charge in [0.25, 0.3) is 0 Å². The number of rotatable bonds is 11. The molecule has 0 aromatic heterocycles. The summed E-state index contributed by atoms with van der Waals surface area (Å²) in [6.45, 7) is 8.87. The highest BCUT2D eigenvalue weighted by atomic mass is 32.2. The normalized spacial score (nSPS) is 16.3. The van der Waals surface area contributed by atoms with Crippen LogP contribution in [0, 0.1) is 17.2 Å². The van der Waals surface area contributed by atoms with Crippen LogP contribution in [0.25, 0.3) is 0 Å². The molecule has 27 heavy (non-hydrogen) atoms. The molecule has 1 N–H and O–H groups in total. The van der Waals surface area contributed by atoms with Gasteiger partial charge in [-0.05, 0) is 61.6 Å². The van der Waals surface area contributed by atoms with Crippen molar-refractivity contribution in [3.8, 4) is 5.75 Å². The Morgan fingerprint density at radius 1 is 1.22 bits per heavy atom. The predicted octanol–water partition coefficient (Wildman–Crippen LogP) is 5.20. The smallest absolute Gasteiger partial charge is 0.212 e. The van der Waals surface area contributed by atoms with E-state index in [4.69, 9.17) is 4.74 Å². The van der Waals surface area contributed by atoms with Crippen LogP contribution in [0.3, 0.4) is 0 Å². The van der Waals surface area contributed by atoms with Gasteiger partial charge in [0.1, 0.15) is 0 Å². The van der Waals surface area contributed by atoms with Crippen molar-refractivity contribution in [3.63, 3.8) is 0 Å². The summed E-state index contributed by atoms with van der Waals surface area (Å²) < 4.78 is 46.8. The van der Waals surface area contributed by atoms with E-state index in [2.05, 4.69) is 25.5 Å². The van der Waals surface area contributed by atoms with Crippen molar-refractivity contribution in [1.29, 1.82) is 0 Å². The van der Waals surface area contributed by atoms with Crippen LogP contribution in [0.2, 0.25) is 0 Å². The highest BCUT2D eigenvalue weighted by Gasteiger charge is 2.23. The van der Waals surface area contributed by atoms with Gasteiger partial charge in [-0.25, -0.2) is 17.5 Å². The minimum absolute atomic E-state index is 0.119. The van der Waals surface area contributed by atoms with Crippen LogP contribution in [0.5, 0.6) is 5.75 Å². The minimum atomic E-state index is -3.37. The summed E-state index contributed by atoms with van der Waals surface area (Å²) in [4.78, 5) is 0. The molecule has 0 heterocycles. The first kappa shape index (κ1) is 22.2. The molecule has 0 radical (unpaired) electrons. The fourth-order valence-corrected chi connectivity index (χ4v) is 4.29. The molecule has 4 nitrogen and oxygen atoms in total. The van der Waals surface area contributed by atoms with Gasteiger partial charge < -0.3 is 4.74 Å². The third-order valence-electron chi connectivity index (χ3n) is 4.82. The van der Waals surface area contributed by atoms with Crippen molar-refractivity contribution >= 4 is 10.0 Å². The first-order chi connectivity index (χ1) is 12.6. The molecule has 6 heteroatoms. The van der Waals surface area contributed by atoms with Gasteiger partial charge in [-0.15, -0.1) is 0 Å². The monoisotopic (exact) mass is 399 g/mol. The Morgan fingerprint density at radius 3 is 2.56 bits per heavy atom. The number of ether oxygens (including phenoxy) is 1.